The van der Waals surface area contributed by atoms with Gasteiger partial charge in [0.25, 0.3) is 0 Å². The summed E-state index contributed by atoms with van der Waals surface area (Å²) in [4.78, 5) is 15.1. The lowest BCUT2D eigenvalue weighted by Crippen LogP contribution is -2.34. The number of carbonyl (C=O) groups is 1. The van der Waals surface area contributed by atoms with Crippen molar-refractivity contribution in [3.05, 3.63) is 16.4 Å². The highest BCUT2D eigenvalue weighted by atomic mass is 35.5. The number of halogens is 1. The quantitative estimate of drug-likeness (QED) is 0.898. The zero-order chi connectivity index (χ0) is 14.7. The van der Waals surface area contributed by atoms with E-state index in [0.29, 0.717) is 5.15 Å². The molecule has 0 radical (unpaired) electrons. The number of nitrogens with zero attached hydrogens (tertiary/aromatic N) is 4. The lowest BCUT2D eigenvalue weighted by molar-refractivity contribution is -0.138. The Morgan fingerprint density at radius 3 is 2.55 bits per heavy atom. The van der Waals surface area contributed by atoms with E-state index in [4.69, 9.17) is 16.7 Å². The van der Waals surface area contributed by atoms with Gasteiger partial charge in [-0.05, 0) is 19.9 Å². The molecule has 0 unspecified atom stereocenters. The fourth-order valence-electron chi connectivity index (χ4n) is 2.61. The lowest BCUT2D eigenvalue weighted by atomic mass is 10.2. The number of aryl methyl sites for hydroxylation is 2. The Balaban J connectivity index is 1.95. The van der Waals surface area contributed by atoms with Crippen molar-refractivity contribution in [1.29, 1.82) is 0 Å². The highest BCUT2D eigenvalue weighted by molar-refractivity contribution is 6.30. The Morgan fingerprint density at radius 2 is 1.95 bits per heavy atom. The van der Waals surface area contributed by atoms with Gasteiger partial charge in [-0.15, -0.1) is 0 Å². The van der Waals surface area contributed by atoms with Crippen molar-refractivity contribution in [2.24, 2.45) is 7.05 Å². The molecule has 1 N–H and O–H groups in total. The van der Waals surface area contributed by atoms with Crippen molar-refractivity contribution in [3.8, 4) is 0 Å². The monoisotopic (exact) mass is 300 g/mol. The molecule has 1 aromatic heterocycles. The molecule has 1 aromatic rings. The van der Waals surface area contributed by atoms with Crippen LogP contribution in [0.3, 0.4) is 0 Å². The van der Waals surface area contributed by atoms with Crippen LogP contribution < -0.4 is 0 Å². The molecule has 1 aliphatic heterocycles. The fourth-order valence-corrected chi connectivity index (χ4v) is 2.84. The zero-order valence-corrected chi connectivity index (χ0v) is 12.7. The molecule has 2 heterocycles. The Hall–Kier alpha value is -1.11. The first-order valence-corrected chi connectivity index (χ1v) is 7.19. The first-order valence-electron chi connectivity index (χ1n) is 6.82. The molecule has 0 spiro atoms. The molecule has 112 valence electrons. The summed E-state index contributed by atoms with van der Waals surface area (Å²) in [5.41, 5.74) is 2.03. The van der Waals surface area contributed by atoms with Gasteiger partial charge in [0.05, 0.1) is 12.2 Å². The SMILES string of the molecule is Cc1nn(C)c(Cl)c1CN1CCCN(CC(=O)O)CC1. The molecule has 0 bridgehead atoms. The van der Waals surface area contributed by atoms with Crippen molar-refractivity contribution in [1.82, 2.24) is 19.6 Å². The van der Waals surface area contributed by atoms with Gasteiger partial charge in [-0.25, -0.2) is 0 Å². The van der Waals surface area contributed by atoms with E-state index in [1.807, 2.05) is 18.9 Å². The van der Waals surface area contributed by atoms with Crippen molar-refractivity contribution in [3.63, 3.8) is 0 Å². The Morgan fingerprint density at radius 1 is 1.30 bits per heavy atom. The average Bonchev–Trinajstić information content (AvgIpc) is 2.57. The van der Waals surface area contributed by atoms with Crippen LogP contribution in [0.1, 0.15) is 17.7 Å². The molecular formula is C13H21ClN4O2. The number of carboxylic acids is 1. The molecule has 0 saturated carbocycles. The number of aliphatic carboxylic acids is 1. The van der Waals surface area contributed by atoms with E-state index in [9.17, 15) is 4.79 Å². The number of carboxylic acid groups (broad SMARTS) is 1. The van der Waals surface area contributed by atoms with Crippen LogP contribution in [0.2, 0.25) is 5.15 Å². The molecule has 0 amide bonds. The van der Waals surface area contributed by atoms with E-state index in [0.717, 1.165) is 50.4 Å². The highest BCUT2D eigenvalue weighted by Gasteiger charge is 2.19. The van der Waals surface area contributed by atoms with Gasteiger partial charge in [0.15, 0.2) is 0 Å². The van der Waals surface area contributed by atoms with Gasteiger partial charge >= 0.3 is 5.97 Å². The molecule has 0 aromatic carbocycles. The van der Waals surface area contributed by atoms with Crippen LogP contribution in [0.4, 0.5) is 0 Å². The minimum absolute atomic E-state index is 0.126. The second-order valence-electron chi connectivity index (χ2n) is 5.28. The third kappa shape index (κ3) is 3.71. The maximum Gasteiger partial charge on any atom is 0.317 e. The largest absolute Gasteiger partial charge is 0.480 e. The molecule has 1 aliphatic rings. The molecular weight excluding hydrogens is 280 g/mol. The van der Waals surface area contributed by atoms with E-state index in [1.165, 1.54) is 0 Å². The lowest BCUT2D eigenvalue weighted by Gasteiger charge is -2.20. The predicted octanol–water partition coefficient (Wildman–Crippen LogP) is 0.974. The van der Waals surface area contributed by atoms with Gasteiger partial charge in [-0.3, -0.25) is 19.3 Å². The van der Waals surface area contributed by atoms with Crippen LogP contribution in [0.5, 0.6) is 0 Å². The third-order valence-corrected chi connectivity index (χ3v) is 4.16. The van der Waals surface area contributed by atoms with Crippen LogP contribution in [0.15, 0.2) is 0 Å². The van der Waals surface area contributed by atoms with Crippen LogP contribution >= 0.6 is 11.6 Å². The second kappa shape index (κ2) is 6.56. The van der Waals surface area contributed by atoms with Gasteiger partial charge in [0.1, 0.15) is 5.15 Å². The summed E-state index contributed by atoms with van der Waals surface area (Å²) in [6.07, 6.45) is 0.976. The van der Waals surface area contributed by atoms with Crippen LogP contribution in [-0.4, -0.2) is 63.4 Å². The van der Waals surface area contributed by atoms with Crippen LogP contribution in [0.25, 0.3) is 0 Å². The number of hydrogen-bond acceptors (Lipinski definition) is 4. The minimum Gasteiger partial charge on any atom is -0.480 e. The summed E-state index contributed by atoms with van der Waals surface area (Å²) < 4.78 is 1.70. The smallest absolute Gasteiger partial charge is 0.317 e. The summed E-state index contributed by atoms with van der Waals surface area (Å²) in [6, 6.07) is 0. The van der Waals surface area contributed by atoms with Gasteiger partial charge in [-0.1, -0.05) is 11.6 Å². The van der Waals surface area contributed by atoms with E-state index in [-0.39, 0.29) is 6.54 Å². The number of aromatic nitrogens is 2. The van der Waals surface area contributed by atoms with E-state index >= 15 is 0 Å². The van der Waals surface area contributed by atoms with E-state index in [2.05, 4.69) is 10.00 Å². The molecule has 6 nitrogen and oxygen atoms in total. The Kier molecular flexibility index (Phi) is 5.01. The number of hydrogen-bond donors (Lipinski definition) is 1. The average molecular weight is 301 g/mol. The fraction of sp³-hybridized carbons (Fsp3) is 0.692. The third-order valence-electron chi connectivity index (χ3n) is 3.69. The molecule has 2 rings (SSSR count). The second-order valence-corrected chi connectivity index (χ2v) is 5.64. The first-order chi connectivity index (χ1) is 9.47. The van der Waals surface area contributed by atoms with Gasteiger partial charge < -0.3 is 5.11 Å². The maximum absolute atomic E-state index is 10.8. The summed E-state index contributed by atoms with van der Waals surface area (Å²) in [7, 11) is 1.84. The van der Waals surface area contributed by atoms with Crippen molar-refractivity contribution in [2.75, 3.05) is 32.7 Å². The molecule has 0 aliphatic carbocycles. The molecule has 1 saturated heterocycles. The Labute approximate surface area is 123 Å². The van der Waals surface area contributed by atoms with Crippen molar-refractivity contribution >= 4 is 17.6 Å². The van der Waals surface area contributed by atoms with Crippen LogP contribution in [-0.2, 0) is 18.4 Å². The zero-order valence-electron chi connectivity index (χ0n) is 12.0. The van der Waals surface area contributed by atoms with E-state index in [1.54, 1.807) is 4.68 Å². The van der Waals surface area contributed by atoms with Gasteiger partial charge in [0, 0.05) is 38.8 Å². The molecule has 1 fully saturated rings. The molecule has 20 heavy (non-hydrogen) atoms. The van der Waals surface area contributed by atoms with E-state index < -0.39 is 5.97 Å². The first kappa shape index (κ1) is 15.3. The molecule has 0 atom stereocenters. The summed E-state index contributed by atoms with van der Waals surface area (Å²) in [5, 5.41) is 13.9. The topological polar surface area (TPSA) is 61.6 Å². The summed E-state index contributed by atoms with van der Waals surface area (Å²) in [6.45, 7) is 6.31. The normalized spacial score (nSPS) is 18.1. The predicted molar refractivity (Wildman–Crippen MR) is 76.9 cm³/mol. The van der Waals surface area contributed by atoms with Crippen molar-refractivity contribution in [2.45, 2.75) is 19.9 Å². The number of rotatable bonds is 4. The Bertz CT molecular complexity index is 489. The van der Waals surface area contributed by atoms with Crippen molar-refractivity contribution < 1.29 is 9.90 Å². The van der Waals surface area contributed by atoms with Gasteiger partial charge in [-0.2, -0.15) is 5.10 Å². The summed E-state index contributed by atoms with van der Waals surface area (Å²) >= 11 is 6.26. The maximum atomic E-state index is 10.8. The van der Waals surface area contributed by atoms with Gasteiger partial charge in [0.2, 0.25) is 0 Å². The highest BCUT2D eigenvalue weighted by Crippen LogP contribution is 2.21. The standard InChI is InChI=1S/C13H21ClN4O2/c1-10-11(13(14)16(2)15-10)8-17-4-3-5-18(7-6-17)9-12(19)20/h3-9H2,1-2H3,(H,19,20). The summed E-state index contributed by atoms with van der Waals surface area (Å²) in [5.74, 6) is -0.760. The minimum atomic E-state index is -0.760. The van der Waals surface area contributed by atoms with Crippen LogP contribution in [0, 0.1) is 6.92 Å². The molecule has 7 heteroatoms.